The summed E-state index contributed by atoms with van der Waals surface area (Å²) in [5, 5.41) is 10.4. The van der Waals surface area contributed by atoms with Crippen molar-refractivity contribution in [2.75, 3.05) is 0 Å². The zero-order valence-corrected chi connectivity index (χ0v) is 12.2. The number of carbonyl (C=O) groups is 1. The van der Waals surface area contributed by atoms with Crippen LogP contribution in [0.2, 0.25) is 5.02 Å². The summed E-state index contributed by atoms with van der Waals surface area (Å²) < 4.78 is 0. The Kier molecular flexibility index (Phi) is 4.74. The number of rotatable bonds is 5. The normalized spacial score (nSPS) is 12.2. The molecule has 1 aromatic heterocycles. The van der Waals surface area contributed by atoms with Crippen LogP contribution in [0.25, 0.3) is 0 Å². The average molecular weight is 293 g/mol. The Morgan fingerprint density at radius 2 is 2.30 bits per heavy atom. The number of aromatic nitrogens is 3. The first-order valence-electron chi connectivity index (χ1n) is 6.51. The predicted molar refractivity (Wildman–Crippen MR) is 77.5 cm³/mol. The van der Waals surface area contributed by atoms with E-state index in [2.05, 4.69) is 20.5 Å². The number of hydrogen-bond acceptors (Lipinski definition) is 3. The van der Waals surface area contributed by atoms with Gasteiger partial charge < -0.3 is 5.32 Å². The van der Waals surface area contributed by atoms with Crippen molar-refractivity contribution in [2.45, 2.75) is 32.7 Å². The number of carbonyl (C=O) groups excluding carboxylic acids is 1. The lowest BCUT2D eigenvalue weighted by atomic mass is 10.1. The van der Waals surface area contributed by atoms with E-state index in [4.69, 9.17) is 11.6 Å². The van der Waals surface area contributed by atoms with Gasteiger partial charge in [0.2, 0.25) is 5.91 Å². The number of benzene rings is 1. The summed E-state index contributed by atoms with van der Waals surface area (Å²) in [7, 11) is 0. The van der Waals surface area contributed by atoms with Crippen LogP contribution in [-0.4, -0.2) is 21.1 Å². The summed E-state index contributed by atoms with van der Waals surface area (Å²) in [6.45, 7) is 3.81. The fraction of sp³-hybridized carbons (Fsp3) is 0.357. The molecule has 6 heteroatoms. The molecular formula is C14H17ClN4O. The molecule has 0 spiro atoms. The Bertz CT molecular complexity index is 596. The Balaban J connectivity index is 1.99. The van der Waals surface area contributed by atoms with Crippen LogP contribution >= 0.6 is 11.6 Å². The molecule has 2 aromatic rings. The summed E-state index contributed by atoms with van der Waals surface area (Å²) in [5.74, 6) is 1.29. The highest BCUT2D eigenvalue weighted by Crippen LogP contribution is 2.14. The molecule has 1 aromatic carbocycles. The minimum Gasteiger partial charge on any atom is -0.346 e. The summed E-state index contributed by atoms with van der Waals surface area (Å²) in [6, 6.07) is 7.11. The topological polar surface area (TPSA) is 70.7 Å². The van der Waals surface area contributed by atoms with Crippen molar-refractivity contribution in [2.24, 2.45) is 0 Å². The molecule has 20 heavy (non-hydrogen) atoms. The molecular weight excluding hydrogens is 276 g/mol. The molecule has 0 saturated carbocycles. The number of nitrogens with zero attached hydrogens (tertiary/aromatic N) is 2. The van der Waals surface area contributed by atoms with E-state index in [1.165, 1.54) is 0 Å². The molecule has 106 valence electrons. The molecule has 1 amide bonds. The molecule has 0 saturated heterocycles. The molecule has 0 aliphatic heterocycles. The van der Waals surface area contributed by atoms with Crippen molar-refractivity contribution in [3.05, 3.63) is 46.5 Å². The number of halogens is 1. The van der Waals surface area contributed by atoms with Gasteiger partial charge in [0.25, 0.3) is 0 Å². The van der Waals surface area contributed by atoms with E-state index in [1.807, 2.05) is 26.0 Å². The SMILES string of the molecule is CC[C@@H](NC(=O)Cc1cccc(Cl)c1)c1n[nH]c(C)n1. The fourth-order valence-corrected chi connectivity index (χ4v) is 2.16. The van der Waals surface area contributed by atoms with Gasteiger partial charge in [-0.05, 0) is 31.0 Å². The number of aromatic amines is 1. The second-order valence-corrected chi connectivity index (χ2v) is 5.05. The van der Waals surface area contributed by atoms with Crippen molar-refractivity contribution in [1.29, 1.82) is 0 Å². The number of hydrogen-bond donors (Lipinski definition) is 2. The van der Waals surface area contributed by atoms with Crippen LogP contribution in [0.1, 0.15) is 36.6 Å². The maximum Gasteiger partial charge on any atom is 0.225 e. The van der Waals surface area contributed by atoms with Gasteiger partial charge in [0.15, 0.2) is 5.82 Å². The molecule has 2 N–H and O–H groups in total. The van der Waals surface area contributed by atoms with Crippen LogP contribution in [-0.2, 0) is 11.2 Å². The van der Waals surface area contributed by atoms with E-state index < -0.39 is 0 Å². The first-order valence-corrected chi connectivity index (χ1v) is 6.89. The number of aryl methyl sites for hydroxylation is 1. The standard InChI is InChI=1S/C14H17ClN4O/c1-3-12(14-16-9(2)18-19-14)17-13(20)8-10-5-4-6-11(15)7-10/h4-7,12H,3,8H2,1-2H3,(H,17,20)(H,16,18,19)/t12-/m1/s1. The Morgan fingerprint density at radius 1 is 1.50 bits per heavy atom. The third-order valence-corrected chi connectivity index (χ3v) is 3.16. The van der Waals surface area contributed by atoms with Crippen molar-refractivity contribution < 1.29 is 4.79 Å². The molecule has 1 heterocycles. The van der Waals surface area contributed by atoms with E-state index in [0.29, 0.717) is 17.3 Å². The van der Waals surface area contributed by atoms with Gasteiger partial charge in [-0.15, -0.1) is 0 Å². The Morgan fingerprint density at radius 3 is 2.90 bits per heavy atom. The highest BCUT2D eigenvalue weighted by molar-refractivity contribution is 6.30. The van der Waals surface area contributed by atoms with E-state index in [1.54, 1.807) is 12.1 Å². The fourth-order valence-electron chi connectivity index (χ4n) is 1.94. The zero-order chi connectivity index (χ0) is 14.5. The molecule has 0 radical (unpaired) electrons. The van der Waals surface area contributed by atoms with Gasteiger partial charge in [-0.1, -0.05) is 30.7 Å². The first-order chi connectivity index (χ1) is 9.58. The average Bonchev–Trinajstić information content (AvgIpc) is 2.82. The molecule has 0 fully saturated rings. The van der Waals surface area contributed by atoms with Crippen molar-refractivity contribution in [3.8, 4) is 0 Å². The molecule has 0 unspecified atom stereocenters. The van der Waals surface area contributed by atoms with Crippen LogP contribution in [0.5, 0.6) is 0 Å². The molecule has 0 bridgehead atoms. The Labute approximate surface area is 122 Å². The second kappa shape index (κ2) is 6.52. The maximum atomic E-state index is 12.1. The molecule has 5 nitrogen and oxygen atoms in total. The van der Waals surface area contributed by atoms with Gasteiger partial charge in [0, 0.05) is 5.02 Å². The number of H-pyrrole nitrogens is 1. The van der Waals surface area contributed by atoms with Gasteiger partial charge in [-0.2, -0.15) is 5.10 Å². The van der Waals surface area contributed by atoms with Crippen molar-refractivity contribution >= 4 is 17.5 Å². The quantitative estimate of drug-likeness (QED) is 0.890. The summed E-state index contributed by atoms with van der Waals surface area (Å²) >= 11 is 5.90. The lowest BCUT2D eigenvalue weighted by Crippen LogP contribution is -2.30. The highest BCUT2D eigenvalue weighted by atomic mass is 35.5. The largest absolute Gasteiger partial charge is 0.346 e. The summed E-state index contributed by atoms with van der Waals surface area (Å²) in [5.41, 5.74) is 0.885. The first kappa shape index (κ1) is 14.5. The van der Waals surface area contributed by atoms with E-state index in [9.17, 15) is 4.79 Å². The van der Waals surface area contributed by atoms with Crippen LogP contribution in [0.4, 0.5) is 0 Å². The van der Waals surface area contributed by atoms with Crippen LogP contribution < -0.4 is 5.32 Å². The molecule has 1 atom stereocenters. The zero-order valence-electron chi connectivity index (χ0n) is 11.5. The minimum absolute atomic E-state index is 0.0680. The van der Waals surface area contributed by atoms with Gasteiger partial charge in [0.05, 0.1) is 12.5 Å². The number of amides is 1. The molecule has 0 aliphatic rings. The highest BCUT2D eigenvalue weighted by Gasteiger charge is 2.16. The molecule has 0 aliphatic carbocycles. The van der Waals surface area contributed by atoms with Crippen LogP contribution in [0, 0.1) is 6.92 Å². The van der Waals surface area contributed by atoms with Crippen LogP contribution in [0.15, 0.2) is 24.3 Å². The Hall–Kier alpha value is -1.88. The van der Waals surface area contributed by atoms with Gasteiger partial charge in [-0.3, -0.25) is 9.89 Å². The second-order valence-electron chi connectivity index (χ2n) is 4.61. The molecule has 2 rings (SSSR count). The van der Waals surface area contributed by atoms with Crippen molar-refractivity contribution in [1.82, 2.24) is 20.5 Å². The van der Waals surface area contributed by atoms with Crippen LogP contribution in [0.3, 0.4) is 0 Å². The predicted octanol–water partition coefficient (Wildman–Crippen LogP) is 2.58. The van der Waals surface area contributed by atoms with Crippen molar-refractivity contribution in [3.63, 3.8) is 0 Å². The number of nitrogens with one attached hydrogen (secondary N) is 2. The van der Waals surface area contributed by atoms with E-state index >= 15 is 0 Å². The maximum absolute atomic E-state index is 12.1. The minimum atomic E-state index is -0.174. The smallest absolute Gasteiger partial charge is 0.225 e. The lowest BCUT2D eigenvalue weighted by Gasteiger charge is -2.13. The summed E-state index contributed by atoms with van der Waals surface area (Å²) in [4.78, 5) is 16.3. The van der Waals surface area contributed by atoms with Gasteiger partial charge in [-0.25, -0.2) is 4.98 Å². The van der Waals surface area contributed by atoms with Gasteiger partial charge in [0.1, 0.15) is 5.82 Å². The lowest BCUT2D eigenvalue weighted by molar-refractivity contribution is -0.121. The third-order valence-electron chi connectivity index (χ3n) is 2.92. The monoisotopic (exact) mass is 292 g/mol. The van der Waals surface area contributed by atoms with Gasteiger partial charge >= 0.3 is 0 Å². The third kappa shape index (κ3) is 3.81. The van der Waals surface area contributed by atoms with E-state index in [-0.39, 0.29) is 11.9 Å². The summed E-state index contributed by atoms with van der Waals surface area (Å²) in [6.07, 6.45) is 1.03. The van der Waals surface area contributed by atoms with E-state index in [0.717, 1.165) is 17.8 Å².